The van der Waals surface area contributed by atoms with Crippen LogP contribution in [-0.2, 0) is 19.5 Å². The number of amides is 1. The van der Waals surface area contributed by atoms with Gasteiger partial charge in [-0.05, 0) is 41.7 Å². The summed E-state index contributed by atoms with van der Waals surface area (Å²) in [6, 6.07) is 22.6. The van der Waals surface area contributed by atoms with Crippen LogP contribution in [0.3, 0.4) is 0 Å². The molecular formula is C23H23N3O. The normalized spacial score (nSPS) is 12.7. The highest BCUT2D eigenvalue weighted by Crippen LogP contribution is 2.26. The van der Waals surface area contributed by atoms with E-state index in [0.717, 1.165) is 31.7 Å². The fourth-order valence-corrected chi connectivity index (χ4v) is 3.44. The van der Waals surface area contributed by atoms with Crippen LogP contribution in [-0.4, -0.2) is 17.4 Å². The van der Waals surface area contributed by atoms with Gasteiger partial charge in [0.2, 0.25) is 0 Å². The van der Waals surface area contributed by atoms with Gasteiger partial charge in [-0.3, -0.25) is 4.79 Å². The second kappa shape index (κ2) is 8.04. The first-order valence-electron chi connectivity index (χ1n) is 9.39. The standard InChI is InChI=1S/C23H23N3O/c27-23(24-14-6-9-18-7-2-1-3-8-18)19-12-13-22(25-15-19)26-16-20-10-4-5-11-21(20)17-26/h1-5,7-8,10-13,15H,6,9,14,16-17H2,(H,24,27). The molecule has 1 aliphatic heterocycles. The van der Waals surface area contributed by atoms with Crippen molar-refractivity contribution in [1.29, 1.82) is 0 Å². The van der Waals surface area contributed by atoms with Crippen molar-refractivity contribution >= 4 is 11.7 Å². The number of nitrogens with one attached hydrogen (secondary N) is 1. The van der Waals surface area contributed by atoms with E-state index in [0.29, 0.717) is 12.1 Å². The van der Waals surface area contributed by atoms with Crippen LogP contribution in [0.25, 0.3) is 0 Å². The van der Waals surface area contributed by atoms with E-state index in [2.05, 4.69) is 51.6 Å². The second-order valence-electron chi connectivity index (χ2n) is 6.87. The quantitative estimate of drug-likeness (QED) is 0.679. The van der Waals surface area contributed by atoms with Crippen molar-refractivity contribution < 1.29 is 4.79 Å². The number of aryl methyl sites for hydroxylation is 1. The van der Waals surface area contributed by atoms with Gasteiger partial charge < -0.3 is 10.2 Å². The maximum absolute atomic E-state index is 12.3. The van der Waals surface area contributed by atoms with Gasteiger partial charge in [0, 0.05) is 25.8 Å². The molecule has 4 heteroatoms. The number of nitrogens with zero attached hydrogens (tertiary/aromatic N) is 2. The van der Waals surface area contributed by atoms with Crippen molar-refractivity contribution in [3.63, 3.8) is 0 Å². The molecule has 2 heterocycles. The molecular weight excluding hydrogens is 334 g/mol. The zero-order chi connectivity index (χ0) is 18.5. The van der Waals surface area contributed by atoms with E-state index >= 15 is 0 Å². The molecule has 4 rings (SSSR count). The van der Waals surface area contributed by atoms with Crippen LogP contribution < -0.4 is 10.2 Å². The lowest BCUT2D eigenvalue weighted by Crippen LogP contribution is -2.25. The summed E-state index contributed by atoms with van der Waals surface area (Å²) < 4.78 is 0. The molecule has 0 fully saturated rings. The Morgan fingerprint density at radius 1 is 0.926 bits per heavy atom. The Kier molecular flexibility index (Phi) is 5.15. The fourth-order valence-electron chi connectivity index (χ4n) is 3.44. The smallest absolute Gasteiger partial charge is 0.252 e. The number of aromatic nitrogens is 1. The zero-order valence-electron chi connectivity index (χ0n) is 15.3. The van der Waals surface area contributed by atoms with Crippen molar-refractivity contribution in [3.8, 4) is 0 Å². The van der Waals surface area contributed by atoms with Crippen molar-refractivity contribution in [3.05, 3.63) is 95.2 Å². The molecule has 0 bridgehead atoms. The van der Waals surface area contributed by atoms with Gasteiger partial charge in [-0.2, -0.15) is 0 Å². The lowest BCUT2D eigenvalue weighted by atomic mass is 10.1. The minimum absolute atomic E-state index is 0.0631. The van der Waals surface area contributed by atoms with E-state index < -0.39 is 0 Å². The number of benzene rings is 2. The van der Waals surface area contributed by atoms with Gasteiger partial charge in [-0.25, -0.2) is 4.98 Å². The third-order valence-corrected chi connectivity index (χ3v) is 4.95. The number of pyridine rings is 1. The van der Waals surface area contributed by atoms with Gasteiger partial charge in [0.05, 0.1) is 5.56 Å². The largest absolute Gasteiger partial charge is 0.352 e. The topological polar surface area (TPSA) is 45.2 Å². The molecule has 0 saturated heterocycles. The van der Waals surface area contributed by atoms with E-state index in [1.807, 2.05) is 30.3 Å². The summed E-state index contributed by atoms with van der Waals surface area (Å²) in [4.78, 5) is 19.0. The SMILES string of the molecule is O=C(NCCCc1ccccc1)c1ccc(N2Cc3ccccc3C2)nc1. The molecule has 1 aliphatic rings. The maximum Gasteiger partial charge on any atom is 0.252 e. The fraction of sp³-hybridized carbons (Fsp3) is 0.217. The van der Waals surface area contributed by atoms with Gasteiger partial charge in [0.25, 0.3) is 5.91 Å². The second-order valence-corrected chi connectivity index (χ2v) is 6.87. The summed E-state index contributed by atoms with van der Waals surface area (Å²) in [5.74, 6) is 0.846. The molecule has 2 aromatic carbocycles. The molecule has 1 N–H and O–H groups in total. The number of hydrogen-bond acceptors (Lipinski definition) is 3. The zero-order valence-corrected chi connectivity index (χ0v) is 15.3. The molecule has 1 aromatic heterocycles. The Morgan fingerprint density at radius 2 is 1.63 bits per heavy atom. The highest BCUT2D eigenvalue weighted by atomic mass is 16.1. The highest BCUT2D eigenvalue weighted by Gasteiger charge is 2.19. The number of anilines is 1. The molecule has 0 unspecified atom stereocenters. The summed E-state index contributed by atoms with van der Waals surface area (Å²) in [5, 5.41) is 2.98. The first-order valence-corrected chi connectivity index (χ1v) is 9.39. The Hall–Kier alpha value is -3.14. The monoisotopic (exact) mass is 357 g/mol. The summed E-state index contributed by atoms with van der Waals surface area (Å²) in [6.07, 6.45) is 3.56. The Labute approximate surface area is 159 Å². The van der Waals surface area contributed by atoms with Crippen LogP contribution >= 0.6 is 0 Å². The predicted octanol–water partition coefficient (Wildman–Crippen LogP) is 3.96. The van der Waals surface area contributed by atoms with E-state index in [4.69, 9.17) is 0 Å². The third kappa shape index (κ3) is 4.17. The van der Waals surface area contributed by atoms with E-state index in [-0.39, 0.29) is 5.91 Å². The Balaban J connectivity index is 1.28. The molecule has 0 saturated carbocycles. The van der Waals surface area contributed by atoms with E-state index in [9.17, 15) is 4.79 Å². The van der Waals surface area contributed by atoms with Crippen molar-refractivity contribution in [2.24, 2.45) is 0 Å². The first-order chi connectivity index (χ1) is 13.3. The molecule has 1 amide bonds. The van der Waals surface area contributed by atoms with Crippen molar-refractivity contribution in [2.45, 2.75) is 25.9 Å². The summed E-state index contributed by atoms with van der Waals surface area (Å²) in [6.45, 7) is 2.40. The molecule has 136 valence electrons. The van der Waals surface area contributed by atoms with E-state index in [1.54, 1.807) is 6.20 Å². The Bertz CT molecular complexity index is 881. The molecule has 27 heavy (non-hydrogen) atoms. The summed E-state index contributed by atoms with van der Waals surface area (Å²) >= 11 is 0. The maximum atomic E-state index is 12.3. The van der Waals surface area contributed by atoms with Crippen LogP contribution in [0.4, 0.5) is 5.82 Å². The van der Waals surface area contributed by atoms with Crippen LogP contribution in [0.5, 0.6) is 0 Å². The molecule has 4 nitrogen and oxygen atoms in total. The van der Waals surface area contributed by atoms with Crippen LogP contribution in [0, 0.1) is 0 Å². The number of rotatable bonds is 6. The third-order valence-electron chi connectivity index (χ3n) is 4.95. The minimum Gasteiger partial charge on any atom is -0.352 e. The first kappa shape index (κ1) is 17.3. The lowest BCUT2D eigenvalue weighted by molar-refractivity contribution is 0.0953. The van der Waals surface area contributed by atoms with Gasteiger partial charge in [0.1, 0.15) is 5.82 Å². The highest BCUT2D eigenvalue weighted by molar-refractivity contribution is 5.94. The molecule has 0 aliphatic carbocycles. The number of carbonyl (C=O) groups is 1. The molecule has 0 radical (unpaired) electrons. The molecule has 3 aromatic rings. The van der Waals surface area contributed by atoms with Crippen LogP contribution in [0.15, 0.2) is 72.9 Å². The minimum atomic E-state index is -0.0631. The van der Waals surface area contributed by atoms with Gasteiger partial charge >= 0.3 is 0 Å². The number of carbonyl (C=O) groups excluding carboxylic acids is 1. The summed E-state index contributed by atoms with van der Waals surface area (Å²) in [5.41, 5.74) is 4.60. The average molecular weight is 357 g/mol. The number of hydrogen-bond donors (Lipinski definition) is 1. The van der Waals surface area contributed by atoms with Crippen LogP contribution in [0.2, 0.25) is 0 Å². The predicted molar refractivity (Wildman–Crippen MR) is 108 cm³/mol. The van der Waals surface area contributed by atoms with Crippen LogP contribution in [0.1, 0.15) is 33.5 Å². The van der Waals surface area contributed by atoms with Gasteiger partial charge in [-0.15, -0.1) is 0 Å². The number of fused-ring (bicyclic) bond motifs is 1. The molecule has 0 spiro atoms. The van der Waals surface area contributed by atoms with Gasteiger partial charge in [0.15, 0.2) is 0 Å². The summed E-state index contributed by atoms with van der Waals surface area (Å²) in [7, 11) is 0. The average Bonchev–Trinajstić information content (AvgIpc) is 3.16. The van der Waals surface area contributed by atoms with Gasteiger partial charge in [-0.1, -0.05) is 54.6 Å². The van der Waals surface area contributed by atoms with Crippen molar-refractivity contribution in [2.75, 3.05) is 11.4 Å². The van der Waals surface area contributed by atoms with Crippen molar-refractivity contribution in [1.82, 2.24) is 10.3 Å². The van der Waals surface area contributed by atoms with E-state index in [1.165, 1.54) is 16.7 Å². The Morgan fingerprint density at radius 3 is 2.30 bits per heavy atom. The molecule has 0 atom stereocenters. The lowest BCUT2D eigenvalue weighted by Gasteiger charge is -2.16.